The summed E-state index contributed by atoms with van der Waals surface area (Å²) in [6.07, 6.45) is 0. The van der Waals surface area contributed by atoms with E-state index in [1.165, 1.54) is 5.56 Å². The van der Waals surface area contributed by atoms with Crippen LogP contribution in [0.25, 0.3) is 0 Å². The average molecular weight is 358 g/mol. The van der Waals surface area contributed by atoms with Gasteiger partial charge < -0.3 is 15.0 Å². The second-order valence-corrected chi connectivity index (χ2v) is 6.63. The Labute approximate surface area is 156 Å². The van der Waals surface area contributed by atoms with Crippen LogP contribution < -0.4 is 5.32 Å². The molecular weight excluding hydrogens is 328 g/mol. The summed E-state index contributed by atoms with van der Waals surface area (Å²) in [5.74, 6) is 0. The Bertz CT molecular complexity index is 767. The van der Waals surface area contributed by atoms with E-state index in [4.69, 9.17) is 4.74 Å². The lowest BCUT2D eigenvalue weighted by Crippen LogP contribution is -2.37. The highest BCUT2D eigenvalue weighted by molar-refractivity contribution is 5.90. The molecular formula is C20H30N4O2. The van der Waals surface area contributed by atoms with Gasteiger partial charge in [0.25, 0.3) is 0 Å². The maximum absolute atomic E-state index is 12.9. The molecule has 0 aliphatic carbocycles. The zero-order valence-corrected chi connectivity index (χ0v) is 16.7. The molecule has 26 heavy (non-hydrogen) atoms. The standard InChI is InChI=1S/C20H30N4O2/c1-7-24-17(5)18(16(4)22-24)13-23(10-11-26-6)20(25)21-19-9-8-14(2)12-15(19)3/h8-9,12H,7,10-11,13H2,1-6H3,(H,21,25). The first kappa shape index (κ1) is 20.0. The molecule has 0 unspecified atom stereocenters. The van der Waals surface area contributed by atoms with Crippen LogP contribution in [-0.4, -0.2) is 41.0 Å². The Morgan fingerprint density at radius 1 is 1.27 bits per heavy atom. The number of aryl methyl sites for hydroxylation is 4. The van der Waals surface area contributed by atoms with Crippen LogP contribution >= 0.6 is 0 Å². The van der Waals surface area contributed by atoms with Crippen LogP contribution in [0.4, 0.5) is 10.5 Å². The van der Waals surface area contributed by atoms with Crippen LogP contribution in [0.1, 0.15) is 35.0 Å². The van der Waals surface area contributed by atoms with Gasteiger partial charge in [0.15, 0.2) is 0 Å². The molecule has 0 saturated heterocycles. The maximum Gasteiger partial charge on any atom is 0.322 e. The van der Waals surface area contributed by atoms with Crippen LogP contribution in [0.5, 0.6) is 0 Å². The van der Waals surface area contributed by atoms with E-state index in [1.807, 2.05) is 37.6 Å². The predicted molar refractivity (Wildman–Crippen MR) is 105 cm³/mol. The van der Waals surface area contributed by atoms with Crippen LogP contribution in [0, 0.1) is 27.7 Å². The monoisotopic (exact) mass is 358 g/mol. The molecule has 142 valence electrons. The molecule has 0 aliphatic rings. The summed E-state index contributed by atoms with van der Waals surface area (Å²) in [5.41, 5.74) is 6.23. The second kappa shape index (κ2) is 8.85. The average Bonchev–Trinajstić information content (AvgIpc) is 2.87. The Morgan fingerprint density at radius 2 is 2.00 bits per heavy atom. The fourth-order valence-corrected chi connectivity index (χ4v) is 3.06. The number of rotatable bonds is 7. The van der Waals surface area contributed by atoms with Crippen molar-refractivity contribution < 1.29 is 9.53 Å². The van der Waals surface area contributed by atoms with Crippen molar-refractivity contribution >= 4 is 11.7 Å². The summed E-state index contributed by atoms with van der Waals surface area (Å²) in [7, 11) is 1.64. The number of urea groups is 1. The van der Waals surface area contributed by atoms with Crippen LogP contribution in [0.3, 0.4) is 0 Å². The number of carbonyl (C=O) groups excluding carboxylic acids is 1. The molecule has 0 saturated carbocycles. The minimum absolute atomic E-state index is 0.128. The first-order valence-electron chi connectivity index (χ1n) is 9.02. The Hall–Kier alpha value is -2.34. The van der Waals surface area contributed by atoms with Crippen molar-refractivity contribution in [3.63, 3.8) is 0 Å². The Balaban J connectivity index is 2.20. The third kappa shape index (κ3) is 4.64. The van der Waals surface area contributed by atoms with Crippen molar-refractivity contribution in [1.82, 2.24) is 14.7 Å². The molecule has 0 spiro atoms. The first-order chi connectivity index (χ1) is 12.4. The largest absolute Gasteiger partial charge is 0.383 e. The van der Waals surface area contributed by atoms with E-state index >= 15 is 0 Å². The molecule has 1 aromatic carbocycles. The molecule has 1 heterocycles. The third-order valence-corrected chi connectivity index (χ3v) is 4.66. The molecule has 6 nitrogen and oxygen atoms in total. The summed E-state index contributed by atoms with van der Waals surface area (Å²) >= 11 is 0. The summed E-state index contributed by atoms with van der Waals surface area (Å²) in [6.45, 7) is 12.5. The van der Waals surface area contributed by atoms with E-state index < -0.39 is 0 Å². The highest BCUT2D eigenvalue weighted by atomic mass is 16.5. The van der Waals surface area contributed by atoms with Gasteiger partial charge in [-0.05, 0) is 46.2 Å². The van der Waals surface area contributed by atoms with E-state index in [0.717, 1.165) is 34.7 Å². The zero-order valence-electron chi connectivity index (χ0n) is 16.7. The number of methoxy groups -OCH3 is 1. The number of hydrogen-bond donors (Lipinski definition) is 1. The quantitative estimate of drug-likeness (QED) is 0.818. The lowest BCUT2D eigenvalue weighted by molar-refractivity contribution is 0.152. The summed E-state index contributed by atoms with van der Waals surface area (Å²) in [5, 5.41) is 7.59. The smallest absolute Gasteiger partial charge is 0.322 e. The third-order valence-electron chi connectivity index (χ3n) is 4.66. The Kier molecular flexibility index (Phi) is 6.80. The highest BCUT2D eigenvalue weighted by Crippen LogP contribution is 2.19. The van der Waals surface area contributed by atoms with Gasteiger partial charge in [0, 0.05) is 37.1 Å². The van der Waals surface area contributed by atoms with Gasteiger partial charge in [-0.15, -0.1) is 0 Å². The minimum Gasteiger partial charge on any atom is -0.383 e. The number of anilines is 1. The van der Waals surface area contributed by atoms with Gasteiger partial charge in [-0.25, -0.2) is 4.79 Å². The summed E-state index contributed by atoms with van der Waals surface area (Å²) in [6, 6.07) is 5.89. The van der Waals surface area contributed by atoms with E-state index in [2.05, 4.69) is 30.3 Å². The number of aromatic nitrogens is 2. The van der Waals surface area contributed by atoms with Gasteiger partial charge >= 0.3 is 6.03 Å². The minimum atomic E-state index is -0.128. The summed E-state index contributed by atoms with van der Waals surface area (Å²) in [4.78, 5) is 14.7. The topological polar surface area (TPSA) is 59.4 Å². The fraction of sp³-hybridized carbons (Fsp3) is 0.500. The van der Waals surface area contributed by atoms with Crippen molar-refractivity contribution in [2.24, 2.45) is 0 Å². The SMILES string of the molecule is CCn1nc(C)c(CN(CCOC)C(=O)Nc2ccc(C)cc2C)c1C. The van der Waals surface area contributed by atoms with Gasteiger partial charge in [-0.2, -0.15) is 5.10 Å². The molecule has 0 aliphatic heterocycles. The number of amides is 2. The zero-order chi connectivity index (χ0) is 19.3. The van der Waals surface area contributed by atoms with E-state index in [-0.39, 0.29) is 6.03 Å². The van der Waals surface area contributed by atoms with Gasteiger partial charge in [0.05, 0.1) is 18.8 Å². The second-order valence-electron chi connectivity index (χ2n) is 6.63. The number of hydrogen-bond acceptors (Lipinski definition) is 3. The van der Waals surface area contributed by atoms with Crippen molar-refractivity contribution in [3.05, 3.63) is 46.3 Å². The molecule has 0 radical (unpaired) electrons. The van der Waals surface area contributed by atoms with Crippen LogP contribution in [0.2, 0.25) is 0 Å². The van der Waals surface area contributed by atoms with E-state index in [0.29, 0.717) is 19.7 Å². The lowest BCUT2D eigenvalue weighted by atomic mass is 10.1. The molecule has 0 fully saturated rings. The van der Waals surface area contributed by atoms with Gasteiger partial charge in [0.1, 0.15) is 0 Å². The molecule has 0 bridgehead atoms. The lowest BCUT2D eigenvalue weighted by Gasteiger charge is -2.24. The number of ether oxygens (including phenoxy) is 1. The van der Waals surface area contributed by atoms with E-state index in [9.17, 15) is 4.79 Å². The predicted octanol–water partition coefficient (Wildman–Crippen LogP) is 3.82. The number of benzene rings is 1. The van der Waals surface area contributed by atoms with Gasteiger partial charge in [0.2, 0.25) is 0 Å². The molecule has 6 heteroatoms. The number of nitrogens with zero attached hydrogens (tertiary/aromatic N) is 3. The normalized spacial score (nSPS) is 10.8. The van der Waals surface area contributed by atoms with Crippen molar-refractivity contribution in [2.75, 3.05) is 25.6 Å². The Morgan fingerprint density at radius 3 is 2.58 bits per heavy atom. The molecule has 2 aromatic rings. The van der Waals surface area contributed by atoms with Crippen LogP contribution in [0.15, 0.2) is 18.2 Å². The summed E-state index contributed by atoms with van der Waals surface area (Å²) < 4.78 is 7.17. The highest BCUT2D eigenvalue weighted by Gasteiger charge is 2.19. The van der Waals surface area contributed by atoms with Crippen molar-refractivity contribution in [2.45, 2.75) is 47.7 Å². The van der Waals surface area contributed by atoms with Gasteiger partial charge in [-0.3, -0.25) is 4.68 Å². The molecule has 0 atom stereocenters. The molecule has 1 N–H and O–H groups in total. The molecule has 2 amide bonds. The fourth-order valence-electron chi connectivity index (χ4n) is 3.06. The maximum atomic E-state index is 12.9. The van der Waals surface area contributed by atoms with Crippen LogP contribution in [-0.2, 0) is 17.8 Å². The first-order valence-corrected chi connectivity index (χ1v) is 9.02. The van der Waals surface area contributed by atoms with Crippen molar-refractivity contribution in [1.29, 1.82) is 0 Å². The van der Waals surface area contributed by atoms with Gasteiger partial charge in [-0.1, -0.05) is 17.7 Å². The van der Waals surface area contributed by atoms with Crippen molar-refractivity contribution in [3.8, 4) is 0 Å². The molecule has 2 rings (SSSR count). The number of carbonyl (C=O) groups is 1. The molecule has 1 aromatic heterocycles. The number of nitrogens with one attached hydrogen (secondary N) is 1. The van der Waals surface area contributed by atoms with E-state index in [1.54, 1.807) is 12.0 Å².